The van der Waals surface area contributed by atoms with Gasteiger partial charge < -0.3 is 5.73 Å². The number of benzene rings is 1. The average molecular weight is 198 g/mol. The van der Waals surface area contributed by atoms with Crippen LogP contribution in [0.5, 0.6) is 0 Å². The normalized spacial score (nSPS) is 12.2. The summed E-state index contributed by atoms with van der Waals surface area (Å²) in [6.45, 7) is 0. The molecular weight excluding hydrogens is 189 g/mol. The lowest BCUT2D eigenvalue weighted by molar-refractivity contribution is 0.604. The second-order valence-electron chi connectivity index (χ2n) is 2.69. The Morgan fingerprint density at radius 2 is 2.31 bits per heavy atom. The van der Waals surface area contributed by atoms with Crippen molar-refractivity contribution in [3.8, 4) is 12.3 Å². The highest BCUT2D eigenvalue weighted by atomic mass is 35.5. The van der Waals surface area contributed by atoms with Crippen molar-refractivity contribution in [3.63, 3.8) is 0 Å². The molecule has 1 rings (SSSR count). The quantitative estimate of drug-likeness (QED) is 0.721. The molecule has 0 bridgehead atoms. The molecule has 1 nitrogen and oxygen atoms in total. The Morgan fingerprint density at radius 3 is 2.92 bits per heavy atom. The largest absolute Gasteiger partial charge is 0.317 e. The van der Waals surface area contributed by atoms with Crippen molar-refractivity contribution in [2.45, 2.75) is 12.5 Å². The second kappa shape index (κ2) is 4.27. The minimum absolute atomic E-state index is 0.0988. The van der Waals surface area contributed by atoms with Crippen LogP contribution in [0.4, 0.5) is 4.39 Å². The Balaban J connectivity index is 2.90. The van der Waals surface area contributed by atoms with Gasteiger partial charge in [-0.3, -0.25) is 0 Å². The molecule has 1 aromatic rings. The zero-order chi connectivity index (χ0) is 9.84. The fourth-order valence-electron chi connectivity index (χ4n) is 1.00. The summed E-state index contributed by atoms with van der Waals surface area (Å²) in [5.74, 6) is 1.89. The van der Waals surface area contributed by atoms with Crippen LogP contribution in [-0.2, 0) is 6.42 Å². The van der Waals surface area contributed by atoms with Crippen molar-refractivity contribution in [3.05, 3.63) is 34.6 Å². The van der Waals surface area contributed by atoms with Crippen molar-refractivity contribution in [2.75, 3.05) is 0 Å². The fraction of sp³-hybridized carbons (Fsp3) is 0.200. The Labute approximate surface area is 81.7 Å². The van der Waals surface area contributed by atoms with Crippen LogP contribution in [0.3, 0.4) is 0 Å². The van der Waals surface area contributed by atoms with Gasteiger partial charge in [-0.25, -0.2) is 4.39 Å². The zero-order valence-electron chi connectivity index (χ0n) is 6.93. The van der Waals surface area contributed by atoms with Gasteiger partial charge in [-0.2, -0.15) is 0 Å². The van der Waals surface area contributed by atoms with Gasteiger partial charge in [-0.1, -0.05) is 29.7 Å². The monoisotopic (exact) mass is 197 g/mol. The minimum Gasteiger partial charge on any atom is -0.317 e. The van der Waals surface area contributed by atoms with Gasteiger partial charge in [0.15, 0.2) is 0 Å². The molecule has 0 aliphatic carbocycles. The molecular formula is C10H9ClFN. The molecule has 1 unspecified atom stereocenters. The van der Waals surface area contributed by atoms with Crippen LogP contribution in [0.25, 0.3) is 0 Å². The van der Waals surface area contributed by atoms with Crippen LogP contribution in [0.1, 0.15) is 5.56 Å². The molecule has 0 aliphatic heterocycles. The number of nitrogens with two attached hydrogens (primary N) is 1. The fourth-order valence-corrected chi connectivity index (χ4v) is 1.20. The lowest BCUT2D eigenvalue weighted by Gasteiger charge is -2.06. The van der Waals surface area contributed by atoms with Gasteiger partial charge in [0, 0.05) is 6.42 Å². The smallest absolute Gasteiger partial charge is 0.145 e. The molecule has 0 amide bonds. The van der Waals surface area contributed by atoms with E-state index in [4.69, 9.17) is 23.8 Å². The molecule has 68 valence electrons. The van der Waals surface area contributed by atoms with E-state index in [1.54, 1.807) is 12.1 Å². The number of terminal acetylenes is 1. The molecule has 0 fully saturated rings. The Morgan fingerprint density at radius 1 is 1.62 bits per heavy atom. The first-order chi connectivity index (χ1) is 6.15. The summed E-state index contributed by atoms with van der Waals surface area (Å²) in [4.78, 5) is 0. The van der Waals surface area contributed by atoms with Gasteiger partial charge in [0.05, 0.1) is 11.1 Å². The maximum atomic E-state index is 13.2. The van der Waals surface area contributed by atoms with Crippen molar-refractivity contribution in [1.29, 1.82) is 0 Å². The number of rotatable bonds is 2. The summed E-state index contributed by atoms with van der Waals surface area (Å²) < 4.78 is 13.2. The first-order valence-electron chi connectivity index (χ1n) is 3.79. The molecule has 1 aromatic carbocycles. The molecule has 0 saturated heterocycles. The van der Waals surface area contributed by atoms with Crippen LogP contribution < -0.4 is 5.73 Å². The summed E-state index contributed by atoms with van der Waals surface area (Å²) in [7, 11) is 0. The lowest BCUT2D eigenvalue weighted by Crippen LogP contribution is -2.20. The van der Waals surface area contributed by atoms with Crippen molar-refractivity contribution >= 4 is 11.6 Å². The molecule has 3 heteroatoms. The molecule has 1 atom stereocenters. The first kappa shape index (κ1) is 10.0. The molecule has 0 spiro atoms. The standard InChI is InChI=1S/C10H9ClFN/c1-2-8(13)6-7-4-3-5-9(11)10(7)12/h1,3-5,8H,6,13H2. The van der Waals surface area contributed by atoms with E-state index in [9.17, 15) is 4.39 Å². The lowest BCUT2D eigenvalue weighted by atomic mass is 10.1. The van der Waals surface area contributed by atoms with E-state index >= 15 is 0 Å². The van der Waals surface area contributed by atoms with Crippen molar-refractivity contribution in [2.24, 2.45) is 5.73 Å². The van der Waals surface area contributed by atoms with E-state index in [-0.39, 0.29) is 5.02 Å². The van der Waals surface area contributed by atoms with Gasteiger partial charge in [0.2, 0.25) is 0 Å². The Kier molecular flexibility index (Phi) is 3.30. The van der Waals surface area contributed by atoms with Gasteiger partial charge in [0.25, 0.3) is 0 Å². The van der Waals surface area contributed by atoms with Gasteiger partial charge in [-0.05, 0) is 11.6 Å². The topological polar surface area (TPSA) is 26.0 Å². The molecule has 0 aliphatic rings. The van der Waals surface area contributed by atoms with Gasteiger partial charge in [0.1, 0.15) is 5.82 Å². The zero-order valence-corrected chi connectivity index (χ0v) is 7.68. The van der Waals surface area contributed by atoms with Crippen LogP contribution in [0, 0.1) is 18.2 Å². The van der Waals surface area contributed by atoms with Gasteiger partial charge in [-0.15, -0.1) is 6.42 Å². The van der Waals surface area contributed by atoms with Crippen LogP contribution in [0.2, 0.25) is 5.02 Å². The summed E-state index contributed by atoms with van der Waals surface area (Å²) in [5, 5.41) is 0.0988. The SMILES string of the molecule is C#CC(N)Cc1cccc(Cl)c1F. The molecule has 0 saturated carbocycles. The molecule has 0 aromatic heterocycles. The molecule has 0 radical (unpaired) electrons. The van der Waals surface area contributed by atoms with Crippen molar-refractivity contribution < 1.29 is 4.39 Å². The van der Waals surface area contributed by atoms with E-state index in [1.807, 2.05) is 0 Å². The van der Waals surface area contributed by atoms with Crippen LogP contribution in [-0.4, -0.2) is 6.04 Å². The first-order valence-corrected chi connectivity index (χ1v) is 4.17. The summed E-state index contributed by atoms with van der Waals surface area (Å²) in [6, 6.07) is 4.32. The number of hydrogen-bond acceptors (Lipinski definition) is 1. The number of halogens is 2. The Bertz CT molecular complexity index is 343. The molecule has 13 heavy (non-hydrogen) atoms. The number of hydrogen-bond donors (Lipinski definition) is 1. The predicted octanol–water partition coefficient (Wildman–Crippen LogP) is 1.98. The highest BCUT2D eigenvalue weighted by molar-refractivity contribution is 6.30. The highest BCUT2D eigenvalue weighted by Gasteiger charge is 2.08. The summed E-state index contributed by atoms with van der Waals surface area (Å²) in [5.41, 5.74) is 5.93. The summed E-state index contributed by atoms with van der Waals surface area (Å²) in [6.07, 6.45) is 5.39. The molecule has 0 heterocycles. The molecule has 2 N–H and O–H groups in total. The van der Waals surface area contributed by atoms with E-state index in [2.05, 4.69) is 5.92 Å². The average Bonchev–Trinajstić information content (AvgIpc) is 2.13. The Hall–Kier alpha value is -1.04. The van der Waals surface area contributed by atoms with E-state index < -0.39 is 11.9 Å². The third-order valence-electron chi connectivity index (χ3n) is 1.69. The van der Waals surface area contributed by atoms with E-state index in [0.29, 0.717) is 12.0 Å². The van der Waals surface area contributed by atoms with E-state index in [0.717, 1.165) is 0 Å². The predicted molar refractivity (Wildman–Crippen MR) is 51.9 cm³/mol. The highest BCUT2D eigenvalue weighted by Crippen LogP contribution is 2.18. The second-order valence-corrected chi connectivity index (χ2v) is 3.10. The maximum Gasteiger partial charge on any atom is 0.145 e. The third-order valence-corrected chi connectivity index (χ3v) is 1.98. The van der Waals surface area contributed by atoms with Crippen LogP contribution >= 0.6 is 11.6 Å². The van der Waals surface area contributed by atoms with E-state index in [1.165, 1.54) is 6.07 Å². The summed E-state index contributed by atoms with van der Waals surface area (Å²) >= 11 is 5.57. The minimum atomic E-state index is -0.465. The van der Waals surface area contributed by atoms with Crippen molar-refractivity contribution in [1.82, 2.24) is 0 Å². The third kappa shape index (κ3) is 2.45. The van der Waals surface area contributed by atoms with Gasteiger partial charge >= 0.3 is 0 Å². The van der Waals surface area contributed by atoms with Crippen LogP contribution in [0.15, 0.2) is 18.2 Å². The maximum absolute atomic E-state index is 13.2.